The zero-order valence-electron chi connectivity index (χ0n) is 8.74. The van der Waals surface area contributed by atoms with Crippen molar-refractivity contribution in [3.63, 3.8) is 0 Å². The first kappa shape index (κ1) is 15.9. The molecule has 0 unspecified atom stereocenters. The molecule has 1 aromatic rings. The van der Waals surface area contributed by atoms with Gasteiger partial charge >= 0.3 is 5.97 Å². The molecule has 0 aliphatic rings. The highest BCUT2D eigenvalue weighted by atomic mass is 35.5. The van der Waals surface area contributed by atoms with Crippen LogP contribution in [0.4, 0.5) is 0 Å². The minimum atomic E-state index is -3.83. The summed E-state index contributed by atoms with van der Waals surface area (Å²) in [5.74, 6) is -1.30. The molecule has 1 atom stereocenters. The van der Waals surface area contributed by atoms with Crippen molar-refractivity contribution in [3.05, 3.63) is 30.3 Å². The first-order valence-electron chi connectivity index (χ1n) is 4.47. The van der Waals surface area contributed by atoms with Crippen molar-refractivity contribution in [2.24, 2.45) is 5.73 Å². The van der Waals surface area contributed by atoms with Crippen LogP contribution in [0.25, 0.3) is 0 Å². The third-order valence-electron chi connectivity index (χ3n) is 1.88. The maximum atomic E-state index is 11.7. The molecule has 4 N–H and O–H groups in total. The molecule has 0 radical (unpaired) electrons. The second-order valence-electron chi connectivity index (χ2n) is 3.06. The van der Waals surface area contributed by atoms with E-state index < -0.39 is 22.0 Å². The molecule has 0 saturated heterocycles. The van der Waals surface area contributed by atoms with Gasteiger partial charge in [-0.15, -0.1) is 12.4 Å². The summed E-state index contributed by atoms with van der Waals surface area (Å²) in [4.78, 5) is 10.6. The Balaban J connectivity index is 0.00000256. The van der Waals surface area contributed by atoms with Crippen molar-refractivity contribution in [3.8, 4) is 0 Å². The molecular formula is C9H13ClN2O4S. The number of carboxylic acid groups (broad SMARTS) is 1. The lowest BCUT2D eigenvalue weighted by molar-refractivity contribution is -0.138. The topological polar surface area (TPSA) is 109 Å². The van der Waals surface area contributed by atoms with Crippen LogP contribution < -0.4 is 10.5 Å². The van der Waals surface area contributed by atoms with E-state index in [0.29, 0.717) is 0 Å². The fraction of sp³-hybridized carbons (Fsp3) is 0.222. The number of hydrogen-bond acceptors (Lipinski definition) is 4. The molecule has 96 valence electrons. The average Bonchev–Trinajstić information content (AvgIpc) is 2.27. The van der Waals surface area contributed by atoms with Gasteiger partial charge in [-0.05, 0) is 12.1 Å². The maximum Gasteiger partial charge on any atom is 0.323 e. The van der Waals surface area contributed by atoms with Crippen molar-refractivity contribution < 1.29 is 18.3 Å². The van der Waals surface area contributed by atoms with E-state index in [9.17, 15) is 13.2 Å². The van der Waals surface area contributed by atoms with Gasteiger partial charge in [0.25, 0.3) is 0 Å². The van der Waals surface area contributed by atoms with Crippen LogP contribution in [-0.4, -0.2) is 32.1 Å². The molecule has 0 aliphatic heterocycles. The van der Waals surface area contributed by atoms with Crippen molar-refractivity contribution in [2.75, 3.05) is 6.54 Å². The number of carbonyl (C=O) groups is 1. The van der Waals surface area contributed by atoms with Crippen LogP contribution in [0.1, 0.15) is 0 Å². The third-order valence-corrected chi connectivity index (χ3v) is 3.37. The molecule has 0 saturated carbocycles. The molecule has 17 heavy (non-hydrogen) atoms. The number of benzene rings is 1. The van der Waals surface area contributed by atoms with E-state index in [1.54, 1.807) is 18.2 Å². The highest BCUT2D eigenvalue weighted by molar-refractivity contribution is 7.89. The zero-order chi connectivity index (χ0) is 12.2. The molecule has 0 bridgehead atoms. The molecule has 0 heterocycles. The highest BCUT2D eigenvalue weighted by Crippen LogP contribution is 2.07. The Hall–Kier alpha value is -1.15. The lowest BCUT2D eigenvalue weighted by Gasteiger charge is -2.12. The van der Waals surface area contributed by atoms with Crippen molar-refractivity contribution >= 4 is 28.4 Å². The average molecular weight is 281 g/mol. The van der Waals surface area contributed by atoms with Crippen LogP contribution in [0.2, 0.25) is 0 Å². The van der Waals surface area contributed by atoms with Gasteiger partial charge in [0.2, 0.25) is 10.0 Å². The maximum absolute atomic E-state index is 11.7. The number of sulfonamides is 1. The second-order valence-corrected chi connectivity index (χ2v) is 4.77. The van der Waals surface area contributed by atoms with Gasteiger partial charge in [0.05, 0.1) is 4.90 Å². The van der Waals surface area contributed by atoms with Crippen molar-refractivity contribution in [1.82, 2.24) is 4.72 Å². The fourth-order valence-electron chi connectivity index (χ4n) is 1.05. The van der Waals surface area contributed by atoms with Gasteiger partial charge in [-0.3, -0.25) is 4.79 Å². The van der Waals surface area contributed by atoms with Gasteiger partial charge < -0.3 is 10.8 Å². The van der Waals surface area contributed by atoms with Gasteiger partial charge in [-0.25, -0.2) is 8.42 Å². The van der Waals surface area contributed by atoms with E-state index in [1.165, 1.54) is 12.1 Å². The first-order valence-corrected chi connectivity index (χ1v) is 5.96. The summed E-state index contributed by atoms with van der Waals surface area (Å²) >= 11 is 0. The zero-order valence-corrected chi connectivity index (χ0v) is 10.4. The van der Waals surface area contributed by atoms with Crippen molar-refractivity contribution in [2.45, 2.75) is 10.9 Å². The first-order chi connectivity index (χ1) is 7.47. The SMILES string of the molecule is Cl.NC[C@H](NS(=O)(=O)c1ccccc1)C(=O)O. The summed E-state index contributed by atoms with van der Waals surface area (Å²) < 4.78 is 25.4. The summed E-state index contributed by atoms with van der Waals surface area (Å²) in [6.45, 7) is -0.304. The van der Waals surface area contributed by atoms with E-state index in [0.717, 1.165) is 0 Å². The molecule has 6 nitrogen and oxygen atoms in total. The van der Waals surface area contributed by atoms with Gasteiger partial charge in [-0.2, -0.15) is 4.72 Å². The minimum absolute atomic E-state index is 0. The Morgan fingerprint density at radius 2 is 1.88 bits per heavy atom. The largest absolute Gasteiger partial charge is 0.480 e. The summed E-state index contributed by atoms with van der Waals surface area (Å²) in [7, 11) is -3.83. The number of nitrogens with two attached hydrogens (primary N) is 1. The number of nitrogens with one attached hydrogen (secondary N) is 1. The number of halogens is 1. The Labute approximate surface area is 105 Å². The van der Waals surface area contributed by atoms with Crippen LogP contribution >= 0.6 is 12.4 Å². The Morgan fingerprint density at radius 3 is 2.29 bits per heavy atom. The van der Waals surface area contributed by atoms with E-state index in [1.807, 2.05) is 4.72 Å². The van der Waals surface area contributed by atoms with E-state index >= 15 is 0 Å². The standard InChI is InChI=1S/C9H12N2O4S.ClH/c10-6-8(9(12)13)11-16(14,15)7-4-2-1-3-5-7;/h1-5,8,11H,6,10H2,(H,12,13);1H/t8-;/m0./s1. The van der Waals surface area contributed by atoms with Gasteiger partial charge in [-0.1, -0.05) is 18.2 Å². The Bertz CT molecular complexity index is 463. The molecule has 0 amide bonds. The van der Waals surface area contributed by atoms with Crippen LogP contribution in [0, 0.1) is 0 Å². The number of aliphatic carboxylic acids is 1. The number of hydrogen-bond donors (Lipinski definition) is 3. The van der Waals surface area contributed by atoms with Crippen LogP contribution in [-0.2, 0) is 14.8 Å². The fourth-order valence-corrected chi connectivity index (χ4v) is 2.28. The van der Waals surface area contributed by atoms with E-state index in [4.69, 9.17) is 10.8 Å². The summed E-state index contributed by atoms with van der Waals surface area (Å²) in [6, 6.07) is 6.19. The van der Waals surface area contributed by atoms with Crippen molar-refractivity contribution in [1.29, 1.82) is 0 Å². The molecule has 0 aromatic heterocycles. The number of carboxylic acids is 1. The predicted molar refractivity (Wildman–Crippen MR) is 64.5 cm³/mol. The van der Waals surface area contributed by atoms with Crippen LogP contribution in [0.5, 0.6) is 0 Å². The smallest absolute Gasteiger partial charge is 0.323 e. The van der Waals surface area contributed by atoms with Gasteiger partial charge in [0, 0.05) is 6.54 Å². The molecular weight excluding hydrogens is 268 g/mol. The Morgan fingerprint density at radius 1 is 1.35 bits per heavy atom. The molecule has 1 aromatic carbocycles. The normalized spacial score (nSPS) is 12.5. The van der Waals surface area contributed by atoms with Gasteiger partial charge in [0.1, 0.15) is 6.04 Å². The molecule has 0 spiro atoms. The Kier molecular flexibility index (Phi) is 6.11. The summed E-state index contributed by atoms with van der Waals surface area (Å²) in [6.07, 6.45) is 0. The molecule has 0 fully saturated rings. The summed E-state index contributed by atoms with van der Waals surface area (Å²) in [5, 5.41) is 8.68. The van der Waals surface area contributed by atoms with Crippen LogP contribution in [0.15, 0.2) is 35.2 Å². The lowest BCUT2D eigenvalue weighted by Crippen LogP contribution is -2.45. The molecule has 8 heteroatoms. The quantitative estimate of drug-likeness (QED) is 0.692. The molecule has 1 rings (SSSR count). The van der Waals surface area contributed by atoms with E-state index in [-0.39, 0.29) is 23.8 Å². The third kappa shape index (κ3) is 4.31. The second kappa shape index (κ2) is 6.55. The highest BCUT2D eigenvalue weighted by Gasteiger charge is 2.23. The summed E-state index contributed by atoms with van der Waals surface area (Å²) in [5.41, 5.74) is 5.15. The predicted octanol–water partition coefficient (Wildman–Crippen LogP) is -0.201. The van der Waals surface area contributed by atoms with E-state index in [2.05, 4.69) is 0 Å². The number of rotatable bonds is 5. The van der Waals surface area contributed by atoms with Crippen LogP contribution in [0.3, 0.4) is 0 Å². The molecule has 0 aliphatic carbocycles. The van der Waals surface area contributed by atoms with Gasteiger partial charge in [0.15, 0.2) is 0 Å². The minimum Gasteiger partial charge on any atom is -0.480 e. The monoisotopic (exact) mass is 280 g/mol. The lowest BCUT2D eigenvalue weighted by atomic mass is 10.3.